The van der Waals surface area contributed by atoms with Gasteiger partial charge in [0.15, 0.2) is 0 Å². The van der Waals surface area contributed by atoms with Gasteiger partial charge >= 0.3 is 5.97 Å². The van der Waals surface area contributed by atoms with Gasteiger partial charge in [0, 0.05) is 6.42 Å². The van der Waals surface area contributed by atoms with E-state index in [9.17, 15) is 4.79 Å². The molecule has 3 nitrogen and oxygen atoms in total. The van der Waals surface area contributed by atoms with Gasteiger partial charge in [0.05, 0.1) is 7.11 Å². The van der Waals surface area contributed by atoms with Crippen molar-refractivity contribution in [1.29, 1.82) is 0 Å². The van der Waals surface area contributed by atoms with Crippen molar-refractivity contribution in [2.24, 2.45) is 5.92 Å². The van der Waals surface area contributed by atoms with Crippen LogP contribution in [0, 0.1) is 5.92 Å². The Labute approximate surface area is 108 Å². The van der Waals surface area contributed by atoms with Gasteiger partial charge in [-0.3, -0.25) is 4.79 Å². The minimum atomic E-state index is -0.671. The Morgan fingerprint density at radius 2 is 2.06 bits per heavy atom. The number of rotatable bonds is 4. The van der Waals surface area contributed by atoms with E-state index < -0.39 is 5.97 Å². The Hall–Kier alpha value is -1.51. The fourth-order valence-corrected chi connectivity index (χ4v) is 2.90. The maximum Gasteiger partial charge on any atom is 0.303 e. The zero-order chi connectivity index (χ0) is 13.0. The monoisotopic (exact) mass is 248 g/mol. The van der Waals surface area contributed by atoms with Crippen molar-refractivity contribution in [3.8, 4) is 5.75 Å². The van der Waals surface area contributed by atoms with Crippen LogP contribution < -0.4 is 4.74 Å². The quantitative estimate of drug-likeness (QED) is 0.887. The van der Waals surface area contributed by atoms with E-state index in [2.05, 4.69) is 12.1 Å². The summed E-state index contributed by atoms with van der Waals surface area (Å²) in [4.78, 5) is 10.8. The Kier molecular flexibility index (Phi) is 4.24. The van der Waals surface area contributed by atoms with Crippen molar-refractivity contribution < 1.29 is 14.6 Å². The third-order valence-corrected chi connectivity index (χ3v) is 3.83. The molecule has 3 heteroatoms. The second-order valence-electron chi connectivity index (χ2n) is 5.10. The molecule has 1 aliphatic rings. The van der Waals surface area contributed by atoms with E-state index in [-0.39, 0.29) is 0 Å². The molecule has 98 valence electrons. The van der Waals surface area contributed by atoms with Crippen molar-refractivity contribution in [3.63, 3.8) is 0 Å². The molecule has 0 aliphatic heterocycles. The van der Waals surface area contributed by atoms with Crippen molar-refractivity contribution in [2.75, 3.05) is 7.11 Å². The van der Waals surface area contributed by atoms with E-state index in [0.717, 1.165) is 25.0 Å². The van der Waals surface area contributed by atoms with Gasteiger partial charge in [0.25, 0.3) is 0 Å². The first kappa shape index (κ1) is 12.9. The number of carbonyl (C=O) groups is 1. The Morgan fingerprint density at radius 3 is 2.67 bits per heavy atom. The third kappa shape index (κ3) is 3.25. The number of aliphatic carboxylic acids is 1. The molecule has 0 unspecified atom stereocenters. The SMILES string of the molecule is COc1ccc([C@H]2CCC[C@@H](CC(=O)O)C2)cc1. The summed E-state index contributed by atoms with van der Waals surface area (Å²) in [5.74, 6) is 1.05. The van der Waals surface area contributed by atoms with Gasteiger partial charge in [-0.1, -0.05) is 18.6 Å². The lowest BCUT2D eigenvalue weighted by Crippen LogP contribution is -2.17. The topological polar surface area (TPSA) is 46.5 Å². The number of carboxylic acid groups (broad SMARTS) is 1. The lowest BCUT2D eigenvalue weighted by Gasteiger charge is -2.28. The molecule has 1 aromatic carbocycles. The van der Waals surface area contributed by atoms with Crippen LogP contribution >= 0.6 is 0 Å². The molecule has 0 radical (unpaired) electrons. The number of ether oxygens (including phenoxy) is 1. The van der Waals surface area contributed by atoms with E-state index in [1.807, 2.05) is 12.1 Å². The molecule has 1 fully saturated rings. The molecule has 1 saturated carbocycles. The Bertz CT molecular complexity index is 397. The summed E-state index contributed by atoms with van der Waals surface area (Å²) in [7, 11) is 1.67. The first-order chi connectivity index (χ1) is 8.69. The molecular weight excluding hydrogens is 228 g/mol. The standard InChI is InChI=1S/C15H20O3/c1-18-14-7-5-12(6-8-14)13-4-2-3-11(9-13)10-15(16)17/h5-8,11,13H,2-4,9-10H2,1H3,(H,16,17)/t11-,13+/m1/s1. The molecule has 1 aromatic rings. The normalized spacial score (nSPS) is 23.6. The molecule has 0 aromatic heterocycles. The number of methoxy groups -OCH3 is 1. The fourth-order valence-electron chi connectivity index (χ4n) is 2.90. The van der Waals surface area contributed by atoms with Crippen LogP contribution in [0.5, 0.6) is 5.75 Å². The maximum atomic E-state index is 10.8. The number of carboxylic acids is 1. The largest absolute Gasteiger partial charge is 0.497 e. The second kappa shape index (κ2) is 5.89. The van der Waals surface area contributed by atoms with Crippen molar-refractivity contribution >= 4 is 5.97 Å². The van der Waals surface area contributed by atoms with Crippen molar-refractivity contribution in [1.82, 2.24) is 0 Å². The van der Waals surface area contributed by atoms with E-state index in [1.54, 1.807) is 7.11 Å². The number of hydrogen-bond acceptors (Lipinski definition) is 2. The molecule has 18 heavy (non-hydrogen) atoms. The predicted octanol–water partition coefficient (Wildman–Crippen LogP) is 3.44. The lowest BCUT2D eigenvalue weighted by atomic mass is 9.77. The predicted molar refractivity (Wildman–Crippen MR) is 69.9 cm³/mol. The van der Waals surface area contributed by atoms with Gasteiger partial charge in [-0.05, 0) is 48.8 Å². The third-order valence-electron chi connectivity index (χ3n) is 3.83. The van der Waals surface area contributed by atoms with Gasteiger partial charge < -0.3 is 9.84 Å². The molecule has 0 spiro atoms. The summed E-state index contributed by atoms with van der Waals surface area (Å²) in [5, 5.41) is 8.87. The summed E-state index contributed by atoms with van der Waals surface area (Å²) in [6.07, 6.45) is 4.67. The maximum absolute atomic E-state index is 10.8. The molecule has 0 amide bonds. The summed E-state index contributed by atoms with van der Waals surface area (Å²) in [6, 6.07) is 8.17. The van der Waals surface area contributed by atoms with E-state index in [4.69, 9.17) is 9.84 Å². The minimum Gasteiger partial charge on any atom is -0.497 e. The van der Waals surface area contributed by atoms with Crippen LogP contribution in [-0.4, -0.2) is 18.2 Å². The summed E-state index contributed by atoms with van der Waals surface area (Å²) in [5.41, 5.74) is 1.31. The molecule has 1 N–H and O–H groups in total. The molecule has 2 rings (SSSR count). The molecule has 1 aliphatic carbocycles. The van der Waals surface area contributed by atoms with Crippen molar-refractivity contribution in [3.05, 3.63) is 29.8 Å². The molecular formula is C15H20O3. The van der Waals surface area contributed by atoms with Gasteiger partial charge in [0.1, 0.15) is 5.75 Å². The van der Waals surface area contributed by atoms with Gasteiger partial charge in [-0.15, -0.1) is 0 Å². The zero-order valence-electron chi connectivity index (χ0n) is 10.8. The van der Waals surface area contributed by atoms with Crippen LogP contribution in [0.2, 0.25) is 0 Å². The van der Waals surface area contributed by atoms with Gasteiger partial charge in [-0.2, -0.15) is 0 Å². The van der Waals surface area contributed by atoms with Crippen LogP contribution in [0.15, 0.2) is 24.3 Å². The van der Waals surface area contributed by atoms with Crippen LogP contribution in [0.4, 0.5) is 0 Å². The average Bonchev–Trinajstić information content (AvgIpc) is 2.38. The highest BCUT2D eigenvalue weighted by atomic mass is 16.5. The highest BCUT2D eigenvalue weighted by Crippen LogP contribution is 2.37. The van der Waals surface area contributed by atoms with Crippen LogP contribution in [0.25, 0.3) is 0 Å². The van der Waals surface area contributed by atoms with E-state index in [1.165, 1.54) is 12.0 Å². The molecule has 2 atom stereocenters. The van der Waals surface area contributed by atoms with Crippen LogP contribution in [0.3, 0.4) is 0 Å². The van der Waals surface area contributed by atoms with Crippen LogP contribution in [-0.2, 0) is 4.79 Å². The molecule has 0 heterocycles. The summed E-state index contributed by atoms with van der Waals surface area (Å²) < 4.78 is 5.15. The Morgan fingerprint density at radius 1 is 1.33 bits per heavy atom. The van der Waals surface area contributed by atoms with Crippen LogP contribution in [0.1, 0.15) is 43.6 Å². The number of benzene rings is 1. The van der Waals surface area contributed by atoms with Gasteiger partial charge in [0.2, 0.25) is 0 Å². The molecule has 0 saturated heterocycles. The van der Waals surface area contributed by atoms with Gasteiger partial charge in [-0.25, -0.2) is 0 Å². The fraction of sp³-hybridized carbons (Fsp3) is 0.533. The summed E-state index contributed by atoms with van der Waals surface area (Å²) in [6.45, 7) is 0. The highest BCUT2D eigenvalue weighted by Gasteiger charge is 2.24. The average molecular weight is 248 g/mol. The van der Waals surface area contributed by atoms with E-state index in [0.29, 0.717) is 18.3 Å². The van der Waals surface area contributed by atoms with E-state index >= 15 is 0 Å². The van der Waals surface area contributed by atoms with Crippen molar-refractivity contribution in [2.45, 2.75) is 38.0 Å². The molecule has 0 bridgehead atoms. The lowest BCUT2D eigenvalue weighted by molar-refractivity contribution is -0.138. The number of hydrogen-bond donors (Lipinski definition) is 1. The zero-order valence-corrected chi connectivity index (χ0v) is 10.8. The minimum absolute atomic E-state index is 0.312. The smallest absolute Gasteiger partial charge is 0.303 e. The second-order valence-corrected chi connectivity index (χ2v) is 5.10. The first-order valence-electron chi connectivity index (χ1n) is 6.54. The highest BCUT2D eigenvalue weighted by molar-refractivity contribution is 5.67. The Balaban J connectivity index is 2.01. The first-order valence-corrected chi connectivity index (χ1v) is 6.54. The summed E-state index contributed by atoms with van der Waals surface area (Å²) >= 11 is 0.